The molecule has 0 bridgehead atoms. The van der Waals surface area contributed by atoms with E-state index in [1.807, 2.05) is 11.1 Å². The first-order chi connectivity index (χ1) is 7.18. The predicted molar refractivity (Wildman–Crippen MR) is 59.9 cm³/mol. The summed E-state index contributed by atoms with van der Waals surface area (Å²) in [5, 5.41) is 0. The van der Waals surface area contributed by atoms with Crippen LogP contribution in [0.5, 0.6) is 0 Å². The molecule has 0 radical (unpaired) electrons. The molecule has 1 fully saturated rings. The molecule has 0 atom stereocenters. The van der Waals surface area contributed by atoms with E-state index in [0.29, 0.717) is 12.3 Å². The Balaban J connectivity index is 2.28. The summed E-state index contributed by atoms with van der Waals surface area (Å²) in [7, 11) is 0. The third-order valence-electron chi connectivity index (χ3n) is 2.80. The molecule has 2 heterocycles. The summed E-state index contributed by atoms with van der Waals surface area (Å²) < 4.78 is 0. The number of carbonyl (C=O) groups excluding carboxylic acids is 1. The summed E-state index contributed by atoms with van der Waals surface area (Å²) in [6, 6.07) is 2.07. The molecule has 1 aliphatic rings. The smallest absolute Gasteiger partial charge is 0.227 e. The SMILES string of the molecule is CC(C)c1cncc(N2CCCC2=O)c1. The minimum atomic E-state index is 0.220. The molecule has 1 aromatic rings. The second-order valence-corrected chi connectivity index (χ2v) is 4.28. The molecule has 15 heavy (non-hydrogen) atoms. The molecule has 0 N–H and O–H groups in total. The third kappa shape index (κ3) is 2.01. The number of carbonyl (C=O) groups is 1. The van der Waals surface area contributed by atoms with Crippen LogP contribution >= 0.6 is 0 Å². The summed E-state index contributed by atoms with van der Waals surface area (Å²) in [6.45, 7) is 5.10. The molecule has 2 rings (SSSR count). The Kier molecular flexibility index (Phi) is 2.71. The van der Waals surface area contributed by atoms with E-state index in [4.69, 9.17) is 0 Å². The van der Waals surface area contributed by atoms with Gasteiger partial charge >= 0.3 is 0 Å². The first-order valence-electron chi connectivity index (χ1n) is 5.44. The van der Waals surface area contributed by atoms with Crippen molar-refractivity contribution >= 4 is 11.6 Å². The fourth-order valence-electron chi connectivity index (χ4n) is 1.83. The summed E-state index contributed by atoms with van der Waals surface area (Å²) in [6.07, 6.45) is 5.28. The molecule has 1 aromatic heterocycles. The topological polar surface area (TPSA) is 33.2 Å². The van der Waals surface area contributed by atoms with Gasteiger partial charge in [0.2, 0.25) is 5.91 Å². The normalized spacial score (nSPS) is 16.5. The van der Waals surface area contributed by atoms with Crippen molar-refractivity contribution in [1.82, 2.24) is 4.98 Å². The molecular formula is C12H16N2O. The Labute approximate surface area is 90.1 Å². The van der Waals surface area contributed by atoms with Gasteiger partial charge in [-0.15, -0.1) is 0 Å². The lowest BCUT2D eigenvalue weighted by atomic mass is 10.1. The van der Waals surface area contributed by atoms with Crippen LogP contribution in [-0.2, 0) is 4.79 Å². The number of pyridine rings is 1. The molecule has 1 amide bonds. The van der Waals surface area contributed by atoms with Crippen LogP contribution in [0.15, 0.2) is 18.5 Å². The van der Waals surface area contributed by atoms with Gasteiger partial charge in [-0.3, -0.25) is 9.78 Å². The van der Waals surface area contributed by atoms with E-state index in [1.165, 1.54) is 5.56 Å². The van der Waals surface area contributed by atoms with Crippen molar-refractivity contribution in [3.63, 3.8) is 0 Å². The maximum Gasteiger partial charge on any atom is 0.227 e. The number of nitrogens with zero attached hydrogens (tertiary/aromatic N) is 2. The van der Waals surface area contributed by atoms with Gasteiger partial charge in [-0.1, -0.05) is 13.8 Å². The lowest BCUT2D eigenvalue weighted by molar-refractivity contribution is -0.117. The zero-order valence-electron chi connectivity index (χ0n) is 9.23. The van der Waals surface area contributed by atoms with Crippen LogP contribution in [0.1, 0.15) is 38.2 Å². The highest BCUT2D eigenvalue weighted by atomic mass is 16.2. The van der Waals surface area contributed by atoms with Gasteiger partial charge in [0.25, 0.3) is 0 Å². The van der Waals surface area contributed by atoms with Gasteiger partial charge in [-0.25, -0.2) is 0 Å². The highest BCUT2D eigenvalue weighted by molar-refractivity contribution is 5.95. The molecule has 0 aromatic carbocycles. The van der Waals surface area contributed by atoms with E-state index in [9.17, 15) is 4.79 Å². The second-order valence-electron chi connectivity index (χ2n) is 4.28. The lowest BCUT2D eigenvalue weighted by Crippen LogP contribution is -2.23. The van der Waals surface area contributed by atoms with E-state index >= 15 is 0 Å². The largest absolute Gasteiger partial charge is 0.311 e. The van der Waals surface area contributed by atoms with Crippen LogP contribution < -0.4 is 4.90 Å². The standard InChI is InChI=1S/C12H16N2O/c1-9(2)10-6-11(8-13-7-10)14-5-3-4-12(14)15/h6-9H,3-5H2,1-2H3. The summed E-state index contributed by atoms with van der Waals surface area (Å²) in [5.41, 5.74) is 2.14. The summed E-state index contributed by atoms with van der Waals surface area (Å²) >= 11 is 0. The van der Waals surface area contributed by atoms with Gasteiger partial charge in [-0.2, -0.15) is 0 Å². The minimum Gasteiger partial charge on any atom is -0.311 e. The van der Waals surface area contributed by atoms with Gasteiger partial charge < -0.3 is 4.90 Å². The fourth-order valence-corrected chi connectivity index (χ4v) is 1.83. The van der Waals surface area contributed by atoms with Gasteiger partial charge in [-0.05, 0) is 24.0 Å². The summed E-state index contributed by atoms with van der Waals surface area (Å²) in [4.78, 5) is 17.6. The first kappa shape index (κ1) is 10.1. The van der Waals surface area contributed by atoms with Crippen molar-refractivity contribution in [3.8, 4) is 0 Å². The minimum absolute atomic E-state index is 0.220. The van der Waals surface area contributed by atoms with Crippen molar-refractivity contribution in [2.45, 2.75) is 32.6 Å². The zero-order valence-corrected chi connectivity index (χ0v) is 9.23. The Morgan fingerprint density at radius 3 is 2.80 bits per heavy atom. The Morgan fingerprint density at radius 2 is 2.20 bits per heavy atom. The highest BCUT2D eigenvalue weighted by Crippen LogP contribution is 2.23. The quantitative estimate of drug-likeness (QED) is 0.740. The Morgan fingerprint density at radius 1 is 1.40 bits per heavy atom. The molecule has 0 spiro atoms. The van der Waals surface area contributed by atoms with Crippen molar-refractivity contribution < 1.29 is 4.79 Å². The molecule has 1 aliphatic heterocycles. The molecule has 0 aliphatic carbocycles. The molecule has 3 nitrogen and oxygen atoms in total. The highest BCUT2D eigenvalue weighted by Gasteiger charge is 2.22. The molecule has 80 valence electrons. The van der Waals surface area contributed by atoms with Gasteiger partial charge in [0, 0.05) is 19.2 Å². The molecule has 0 saturated carbocycles. The third-order valence-corrected chi connectivity index (χ3v) is 2.80. The van der Waals surface area contributed by atoms with E-state index in [2.05, 4.69) is 24.9 Å². The fraction of sp³-hybridized carbons (Fsp3) is 0.500. The first-order valence-corrected chi connectivity index (χ1v) is 5.44. The van der Waals surface area contributed by atoms with Crippen LogP contribution in [0, 0.1) is 0 Å². The van der Waals surface area contributed by atoms with Crippen LogP contribution in [-0.4, -0.2) is 17.4 Å². The van der Waals surface area contributed by atoms with Crippen molar-refractivity contribution in [3.05, 3.63) is 24.0 Å². The Bertz CT molecular complexity index is 374. The van der Waals surface area contributed by atoms with Gasteiger partial charge in [0.15, 0.2) is 0 Å². The van der Waals surface area contributed by atoms with Crippen LogP contribution in [0.2, 0.25) is 0 Å². The van der Waals surface area contributed by atoms with Crippen LogP contribution in [0.4, 0.5) is 5.69 Å². The van der Waals surface area contributed by atoms with E-state index in [-0.39, 0.29) is 5.91 Å². The average Bonchev–Trinajstić information content (AvgIpc) is 2.64. The van der Waals surface area contributed by atoms with Crippen molar-refractivity contribution in [2.24, 2.45) is 0 Å². The van der Waals surface area contributed by atoms with Crippen molar-refractivity contribution in [2.75, 3.05) is 11.4 Å². The second kappa shape index (κ2) is 4.01. The molecule has 3 heteroatoms. The number of hydrogen-bond acceptors (Lipinski definition) is 2. The van der Waals surface area contributed by atoms with Crippen LogP contribution in [0.3, 0.4) is 0 Å². The zero-order chi connectivity index (χ0) is 10.8. The number of hydrogen-bond donors (Lipinski definition) is 0. The van der Waals surface area contributed by atoms with E-state index in [1.54, 1.807) is 6.20 Å². The van der Waals surface area contributed by atoms with Gasteiger partial charge in [0.05, 0.1) is 11.9 Å². The predicted octanol–water partition coefficient (Wildman–Crippen LogP) is 2.33. The van der Waals surface area contributed by atoms with Gasteiger partial charge in [0.1, 0.15) is 0 Å². The number of rotatable bonds is 2. The lowest BCUT2D eigenvalue weighted by Gasteiger charge is -2.16. The molecular weight excluding hydrogens is 188 g/mol. The maximum atomic E-state index is 11.6. The maximum absolute atomic E-state index is 11.6. The number of aromatic nitrogens is 1. The average molecular weight is 204 g/mol. The van der Waals surface area contributed by atoms with E-state index < -0.39 is 0 Å². The molecule has 0 unspecified atom stereocenters. The number of anilines is 1. The number of amides is 1. The van der Waals surface area contributed by atoms with E-state index in [0.717, 1.165) is 18.7 Å². The molecule has 1 saturated heterocycles. The van der Waals surface area contributed by atoms with Crippen LogP contribution in [0.25, 0.3) is 0 Å². The van der Waals surface area contributed by atoms with Crippen molar-refractivity contribution in [1.29, 1.82) is 0 Å². The monoisotopic (exact) mass is 204 g/mol. The Hall–Kier alpha value is -1.38. The summed E-state index contributed by atoms with van der Waals surface area (Å²) in [5.74, 6) is 0.674.